The molecule has 0 saturated heterocycles. The van der Waals surface area contributed by atoms with Crippen LogP contribution in [0.4, 0.5) is 0 Å². The third-order valence-electron chi connectivity index (χ3n) is 1.97. The SMILES string of the molecule is N[C@@H](Cc1ccc([PH](=O)O)cc1)C(=O)O. The van der Waals surface area contributed by atoms with Crippen LogP contribution in [0.15, 0.2) is 24.3 Å². The van der Waals surface area contributed by atoms with Crippen LogP contribution in [0.1, 0.15) is 5.56 Å². The van der Waals surface area contributed by atoms with Crippen LogP contribution < -0.4 is 11.0 Å². The van der Waals surface area contributed by atoms with E-state index in [1.807, 2.05) is 0 Å². The standard InChI is InChI=1S/C9H12NO4P/c10-8(9(11)12)5-6-1-3-7(4-2-6)15(13)14/h1-4,8,15H,5,10H2,(H,11,12)(H,13,14)/t8-/m0/s1. The van der Waals surface area contributed by atoms with Gasteiger partial charge in [0.15, 0.2) is 0 Å². The topological polar surface area (TPSA) is 101 Å². The van der Waals surface area contributed by atoms with Crippen molar-refractivity contribution in [1.82, 2.24) is 0 Å². The van der Waals surface area contributed by atoms with Crippen molar-refractivity contribution < 1.29 is 19.4 Å². The Hall–Kier alpha value is -1.16. The Morgan fingerprint density at radius 2 is 1.93 bits per heavy atom. The van der Waals surface area contributed by atoms with Crippen molar-refractivity contribution in [3.8, 4) is 0 Å². The molecule has 1 aromatic rings. The minimum Gasteiger partial charge on any atom is -0.480 e. The monoisotopic (exact) mass is 229 g/mol. The normalized spacial score (nSPS) is 14.5. The summed E-state index contributed by atoms with van der Waals surface area (Å²) in [5, 5.41) is 8.93. The number of carboxylic acids is 1. The van der Waals surface area contributed by atoms with Crippen LogP contribution in [0.5, 0.6) is 0 Å². The molecule has 0 heterocycles. The Bertz CT molecular complexity index is 376. The van der Waals surface area contributed by atoms with E-state index in [1.54, 1.807) is 12.1 Å². The first-order valence-electron chi connectivity index (χ1n) is 4.31. The molecule has 0 aliphatic carbocycles. The maximum atomic E-state index is 10.7. The molecule has 0 radical (unpaired) electrons. The Morgan fingerprint density at radius 1 is 1.40 bits per heavy atom. The second-order valence-electron chi connectivity index (χ2n) is 3.15. The minimum absolute atomic E-state index is 0.210. The van der Waals surface area contributed by atoms with Crippen molar-refractivity contribution in [3.05, 3.63) is 29.8 Å². The zero-order valence-corrected chi connectivity index (χ0v) is 8.88. The molecule has 1 rings (SSSR count). The highest BCUT2D eigenvalue weighted by Crippen LogP contribution is 2.13. The first kappa shape index (κ1) is 11.9. The predicted molar refractivity (Wildman–Crippen MR) is 56.6 cm³/mol. The lowest BCUT2D eigenvalue weighted by Crippen LogP contribution is -2.32. The average Bonchev–Trinajstić information content (AvgIpc) is 2.18. The molecule has 0 aliphatic heterocycles. The first-order chi connectivity index (χ1) is 7.00. The van der Waals surface area contributed by atoms with Crippen molar-refractivity contribution in [2.75, 3.05) is 0 Å². The molecule has 82 valence electrons. The maximum absolute atomic E-state index is 10.7. The summed E-state index contributed by atoms with van der Waals surface area (Å²) in [5.74, 6) is -1.06. The van der Waals surface area contributed by atoms with E-state index in [0.717, 1.165) is 5.56 Å². The van der Waals surface area contributed by atoms with E-state index in [-0.39, 0.29) is 6.42 Å². The second-order valence-corrected chi connectivity index (χ2v) is 4.34. The zero-order valence-electron chi connectivity index (χ0n) is 7.88. The van der Waals surface area contributed by atoms with Crippen LogP contribution in [-0.2, 0) is 15.8 Å². The molecule has 1 aromatic carbocycles. The lowest BCUT2D eigenvalue weighted by Gasteiger charge is -2.06. The summed E-state index contributed by atoms with van der Waals surface area (Å²) in [6.45, 7) is 0. The van der Waals surface area contributed by atoms with Gasteiger partial charge >= 0.3 is 5.97 Å². The molecule has 0 bridgehead atoms. The Balaban J connectivity index is 2.72. The molecule has 0 aliphatic rings. The summed E-state index contributed by atoms with van der Waals surface area (Å²) in [4.78, 5) is 19.3. The number of aliphatic carboxylic acids is 1. The average molecular weight is 229 g/mol. The van der Waals surface area contributed by atoms with E-state index in [2.05, 4.69) is 0 Å². The van der Waals surface area contributed by atoms with Gasteiger partial charge in [-0.15, -0.1) is 0 Å². The van der Waals surface area contributed by atoms with Crippen molar-refractivity contribution >= 4 is 19.3 Å². The Labute approximate surface area is 87.4 Å². The Kier molecular flexibility index (Phi) is 4.03. The van der Waals surface area contributed by atoms with Crippen molar-refractivity contribution in [3.63, 3.8) is 0 Å². The lowest BCUT2D eigenvalue weighted by atomic mass is 10.1. The first-order valence-corrected chi connectivity index (χ1v) is 5.67. The van der Waals surface area contributed by atoms with Crippen LogP contribution in [-0.4, -0.2) is 22.0 Å². The van der Waals surface area contributed by atoms with Gasteiger partial charge in [-0.25, -0.2) is 0 Å². The molecule has 0 spiro atoms. The van der Waals surface area contributed by atoms with Gasteiger partial charge in [-0.05, 0) is 24.1 Å². The number of hydrogen-bond acceptors (Lipinski definition) is 3. The van der Waals surface area contributed by atoms with Gasteiger partial charge in [0.2, 0.25) is 8.03 Å². The van der Waals surface area contributed by atoms with Crippen molar-refractivity contribution in [2.45, 2.75) is 12.5 Å². The van der Waals surface area contributed by atoms with E-state index in [0.29, 0.717) is 5.30 Å². The number of carboxylic acid groups (broad SMARTS) is 1. The van der Waals surface area contributed by atoms with Gasteiger partial charge in [-0.1, -0.05) is 12.1 Å². The molecule has 0 amide bonds. The molecule has 5 nitrogen and oxygen atoms in total. The molecular weight excluding hydrogens is 217 g/mol. The largest absolute Gasteiger partial charge is 0.480 e. The fourth-order valence-corrected chi connectivity index (χ4v) is 1.58. The summed E-state index contributed by atoms with van der Waals surface area (Å²) in [5.41, 5.74) is 6.08. The molecule has 0 fully saturated rings. The highest BCUT2D eigenvalue weighted by Gasteiger charge is 2.11. The van der Waals surface area contributed by atoms with Gasteiger partial charge in [0.05, 0.1) is 0 Å². The summed E-state index contributed by atoms with van der Waals surface area (Å²) in [7, 11) is -2.67. The maximum Gasteiger partial charge on any atom is 0.320 e. The third-order valence-corrected chi connectivity index (χ3v) is 2.80. The van der Waals surface area contributed by atoms with E-state index in [4.69, 9.17) is 15.7 Å². The number of carbonyl (C=O) groups is 1. The molecule has 1 unspecified atom stereocenters. The Morgan fingerprint density at radius 3 is 2.33 bits per heavy atom. The fraction of sp³-hybridized carbons (Fsp3) is 0.222. The summed E-state index contributed by atoms with van der Waals surface area (Å²) in [6.07, 6.45) is 0.210. The van der Waals surface area contributed by atoms with Gasteiger partial charge in [0.25, 0.3) is 0 Å². The summed E-state index contributed by atoms with van der Waals surface area (Å²) < 4.78 is 10.7. The van der Waals surface area contributed by atoms with Crippen LogP contribution in [0.2, 0.25) is 0 Å². The molecular formula is C9H12NO4P. The minimum atomic E-state index is -2.67. The summed E-state index contributed by atoms with van der Waals surface area (Å²) in [6, 6.07) is 5.28. The fourth-order valence-electron chi connectivity index (χ4n) is 1.12. The number of rotatable bonds is 4. The van der Waals surface area contributed by atoms with Crippen LogP contribution in [0.3, 0.4) is 0 Å². The van der Waals surface area contributed by atoms with Gasteiger partial charge in [0.1, 0.15) is 6.04 Å². The van der Waals surface area contributed by atoms with Crippen molar-refractivity contribution in [2.24, 2.45) is 5.73 Å². The number of hydrogen-bond donors (Lipinski definition) is 3. The van der Waals surface area contributed by atoms with E-state index >= 15 is 0 Å². The predicted octanol–water partition coefficient (Wildman–Crippen LogP) is -0.267. The number of benzene rings is 1. The van der Waals surface area contributed by atoms with Crippen LogP contribution in [0, 0.1) is 0 Å². The smallest absolute Gasteiger partial charge is 0.320 e. The molecule has 4 N–H and O–H groups in total. The molecule has 0 aromatic heterocycles. The van der Waals surface area contributed by atoms with Crippen molar-refractivity contribution in [1.29, 1.82) is 0 Å². The highest BCUT2D eigenvalue weighted by atomic mass is 31.1. The van der Waals surface area contributed by atoms with Crippen LogP contribution >= 0.6 is 8.03 Å². The van der Waals surface area contributed by atoms with Gasteiger partial charge in [-0.3, -0.25) is 9.36 Å². The second kappa shape index (κ2) is 5.07. The van der Waals surface area contributed by atoms with Gasteiger partial charge < -0.3 is 15.7 Å². The van der Waals surface area contributed by atoms with Gasteiger partial charge in [0, 0.05) is 5.30 Å². The summed E-state index contributed by atoms with van der Waals surface area (Å²) >= 11 is 0. The third kappa shape index (κ3) is 3.47. The van der Waals surface area contributed by atoms with Gasteiger partial charge in [-0.2, -0.15) is 0 Å². The quantitative estimate of drug-likeness (QED) is 0.617. The number of nitrogens with two attached hydrogens (primary N) is 1. The van der Waals surface area contributed by atoms with E-state index < -0.39 is 20.0 Å². The van der Waals surface area contributed by atoms with Crippen LogP contribution in [0.25, 0.3) is 0 Å². The lowest BCUT2D eigenvalue weighted by molar-refractivity contribution is -0.138. The highest BCUT2D eigenvalue weighted by molar-refractivity contribution is 7.47. The molecule has 2 atom stereocenters. The van der Waals surface area contributed by atoms with E-state index in [1.165, 1.54) is 12.1 Å². The molecule has 6 heteroatoms. The van der Waals surface area contributed by atoms with E-state index in [9.17, 15) is 9.36 Å². The molecule has 0 saturated carbocycles. The molecule has 15 heavy (non-hydrogen) atoms. The zero-order chi connectivity index (χ0) is 11.4.